The Balaban J connectivity index is 1.66. The Morgan fingerprint density at radius 3 is 2.60 bits per heavy atom. The summed E-state index contributed by atoms with van der Waals surface area (Å²) >= 11 is 0. The smallest absolute Gasteiger partial charge is 0.340 e. The first-order chi connectivity index (χ1) is 12.1. The minimum Gasteiger partial charge on any atom is -0.452 e. The van der Waals surface area contributed by atoms with E-state index in [9.17, 15) is 14.4 Å². The van der Waals surface area contributed by atoms with Gasteiger partial charge in [0.05, 0.1) is 17.0 Å². The Bertz CT molecular complexity index is 820. The van der Waals surface area contributed by atoms with Gasteiger partial charge in [0, 0.05) is 18.7 Å². The maximum atomic E-state index is 12.2. The third-order valence-electron chi connectivity index (χ3n) is 3.86. The van der Waals surface area contributed by atoms with Crippen molar-refractivity contribution in [2.24, 2.45) is 0 Å². The number of benzene rings is 1. The molecule has 1 aromatic carbocycles. The molecule has 2 aromatic rings. The van der Waals surface area contributed by atoms with Crippen molar-refractivity contribution >= 4 is 17.9 Å². The molecule has 1 aromatic heterocycles. The van der Waals surface area contributed by atoms with Crippen LogP contribution in [0, 0.1) is 6.92 Å². The predicted octanol–water partition coefficient (Wildman–Crippen LogP) is 1.77. The lowest BCUT2D eigenvalue weighted by Crippen LogP contribution is -2.37. The molecule has 1 saturated heterocycles. The van der Waals surface area contributed by atoms with E-state index in [0.717, 1.165) is 16.2 Å². The van der Waals surface area contributed by atoms with Gasteiger partial charge in [-0.15, -0.1) is 0 Å². The monoisotopic (exact) mass is 339 g/mol. The van der Waals surface area contributed by atoms with E-state index in [1.54, 1.807) is 19.1 Å². The van der Waals surface area contributed by atoms with Crippen molar-refractivity contribution in [1.82, 2.24) is 15.2 Å². The number of hydrogen-bond acceptors (Lipinski definition) is 5. The minimum atomic E-state index is -0.641. The molecule has 0 aliphatic carbocycles. The average Bonchev–Trinajstić information content (AvgIpc) is 3.06. The van der Waals surface area contributed by atoms with E-state index < -0.39 is 24.5 Å². The first kappa shape index (κ1) is 16.6. The Labute approximate surface area is 144 Å². The van der Waals surface area contributed by atoms with Gasteiger partial charge in [0.25, 0.3) is 5.91 Å². The number of rotatable bonds is 4. The fourth-order valence-electron chi connectivity index (χ4n) is 2.54. The van der Waals surface area contributed by atoms with Crippen LogP contribution in [0.15, 0.2) is 42.5 Å². The molecule has 1 aliphatic rings. The minimum absolute atomic E-state index is 0.279. The molecule has 7 heteroatoms. The second kappa shape index (κ2) is 7.12. The molecule has 1 aliphatic heterocycles. The van der Waals surface area contributed by atoms with Gasteiger partial charge in [-0.05, 0) is 19.1 Å². The van der Waals surface area contributed by atoms with Crippen LogP contribution in [0.25, 0.3) is 11.3 Å². The van der Waals surface area contributed by atoms with Gasteiger partial charge < -0.3 is 10.1 Å². The zero-order valence-electron chi connectivity index (χ0n) is 13.7. The Morgan fingerprint density at radius 2 is 1.96 bits per heavy atom. The van der Waals surface area contributed by atoms with Gasteiger partial charge in [-0.25, -0.2) is 9.59 Å². The molecule has 0 atom stereocenters. The van der Waals surface area contributed by atoms with Crippen molar-refractivity contribution in [3.05, 3.63) is 53.7 Å². The van der Waals surface area contributed by atoms with Crippen molar-refractivity contribution in [2.75, 3.05) is 19.7 Å². The number of esters is 1. The van der Waals surface area contributed by atoms with E-state index in [1.807, 2.05) is 30.3 Å². The lowest BCUT2D eigenvalue weighted by atomic mass is 10.1. The van der Waals surface area contributed by atoms with Crippen molar-refractivity contribution in [3.63, 3.8) is 0 Å². The number of urea groups is 1. The van der Waals surface area contributed by atoms with Crippen LogP contribution in [0.2, 0.25) is 0 Å². The fourth-order valence-corrected chi connectivity index (χ4v) is 2.54. The number of carbonyl (C=O) groups is 3. The summed E-state index contributed by atoms with van der Waals surface area (Å²) in [5, 5.41) is 2.52. The third kappa shape index (κ3) is 3.65. The first-order valence-electron chi connectivity index (χ1n) is 7.84. The number of carbonyl (C=O) groups excluding carboxylic acids is 3. The zero-order valence-corrected chi connectivity index (χ0v) is 13.7. The van der Waals surface area contributed by atoms with Crippen LogP contribution in [0.4, 0.5) is 4.79 Å². The number of imide groups is 1. The average molecular weight is 339 g/mol. The number of aryl methyl sites for hydroxylation is 1. The topological polar surface area (TPSA) is 88.6 Å². The lowest BCUT2D eigenvalue weighted by Gasteiger charge is -2.12. The second-order valence-electron chi connectivity index (χ2n) is 5.55. The molecule has 1 N–H and O–H groups in total. The number of nitrogens with zero attached hydrogens (tertiary/aromatic N) is 2. The third-order valence-corrected chi connectivity index (χ3v) is 3.86. The fraction of sp³-hybridized carbons (Fsp3) is 0.222. The molecule has 3 rings (SSSR count). The van der Waals surface area contributed by atoms with Crippen LogP contribution in [-0.2, 0) is 9.53 Å². The van der Waals surface area contributed by atoms with Gasteiger partial charge in [-0.2, -0.15) is 0 Å². The van der Waals surface area contributed by atoms with Crippen LogP contribution in [-0.4, -0.2) is 47.5 Å². The van der Waals surface area contributed by atoms with Gasteiger partial charge in [-0.3, -0.25) is 14.7 Å². The Hall–Kier alpha value is -3.22. The van der Waals surface area contributed by atoms with Crippen LogP contribution in [0.5, 0.6) is 0 Å². The van der Waals surface area contributed by atoms with Crippen molar-refractivity contribution < 1.29 is 19.1 Å². The maximum absolute atomic E-state index is 12.2. The first-order valence-corrected chi connectivity index (χ1v) is 7.84. The largest absolute Gasteiger partial charge is 0.452 e. The van der Waals surface area contributed by atoms with E-state index >= 15 is 0 Å². The normalized spacial score (nSPS) is 13.5. The molecule has 0 spiro atoms. The molecule has 128 valence electrons. The summed E-state index contributed by atoms with van der Waals surface area (Å²) in [7, 11) is 0. The highest BCUT2D eigenvalue weighted by Gasteiger charge is 2.27. The predicted molar refractivity (Wildman–Crippen MR) is 89.8 cm³/mol. The number of ether oxygens (including phenoxy) is 1. The standard InChI is InChI=1S/C18H17N3O4/c1-12-14(7-8-15(20-12)13-5-3-2-4-6-13)17(23)25-11-16(22)21-10-9-19-18(21)24/h2-8H,9-11H2,1H3,(H,19,24). The molecule has 3 amide bonds. The quantitative estimate of drug-likeness (QED) is 0.858. The molecule has 1 fully saturated rings. The van der Waals surface area contributed by atoms with Gasteiger partial charge in [0.2, 0.25) is 0 Å². The molecule has 0 radical (unpaired) electrons. The summed E-state index contributed by atoms with van der Waals surface area (Å²) in [5.74, 6) is -1.19. The van der Waals surface area contributed by atoms with Gasteiger partial charge >= 0.3 is 12.0 Å². The van der Waals surface area contributed by atoms with E-state index in [4.69, 9.17) is 4.74 Å². The lowest BCUT2D eigenvalue weighted by molar-refractivity contribution is -0.130. The van der Waals surface area contributed by atoms with Crippen LogP contribution in [0.1, 0.15) is 16.1 Å². The van der Waals surface area contributed by atoms with Crippen molar-refractivity contribution in [1.29, 1.82) is 0 Å². The molecule has 0 unspecified atom stereocenters. The molecule has 2 heterocycles. The number of nitrogens with one attached hydrogen (secondary N) is 1. The second-order valence-corrected chi connectivity index (χ2v) is 5.55. The van der Waals surface area contributed by atoms with Crippen molar-refractivity contribution in [2.45, 2.75) is 6.92 Å². The Morgan fingerprint density at radius 1 is 1.20 bits per heavy atom. The van der Waals surface area contributed by atoms with Crippen LogP contribution >= 0.6 is 0 Å². The van der Waals surface area contributed by atoms with Crippen molar-refractivity contribution in [3.8, 4) is 11.3 Å². The van der Waals surface area contributed by atoms with E-state index in [1.165, 1.54) is 0 Å². The molecule has 0 saturated carbocycles. The van der Waals surface area contributed by atoms with E-state index in [2.05, 4.69) is 10.3 Å². The summed E-state index contributed by atoms with van der Waals surface area (Å²) in [6.45, 7) is 1.91. The van der Waals surface area contributed by atoms with Gasteiger partial charge in [0.15, 0.2) is 6.61 Å². The summed E-state index contributed by atoms with van der Waals surface area (Å²) in [6.07, 6.45) is 0. The molecular weight excluding hydrogens is 322 g/mol. The number of pyridine rings is 1. The molecule has 7 nitrogen and oxygen atoms in total. The van der Waals surface area contributed by atoms with Gasteiger partial charge in [0.1, 0.15) is 0 Å². The highest BCUT2D eigenvalue weighted by molar-refractivity contribution is 5.98. The molecule has 25 heavy (non-hydrogen) atoms. The molecular formula is C18H17N3O4. The van der Waals surface area contributed by atoms with Gasteiger partial charge in [-0.1, -0.05) is 30.3 Å². The number of amides is 3. The van der Waals surface area contributed by atoms with Crippen LogP contribution in [0.3, 0.4) is 0 Å². The highest BCUT2D eigenvalue weighted by Crippen LogP contribution is 2.19. The number of aromatic nitrogens is 1. The van der Waals surface area contributed by atoms with Crippen LogP contribution < -0.4 is 5.32 Å². The highest BCUT2D eigenvalue weighted by atomic mass is 16.5. The summed E-state index contributed by atoms with van der Waals surface area (Å²) < 4.78 is 5.03. The van der Waals surface area contributed by atoms with E-state index in [-0.39, 0.29) is 6.54 Å². The summed E-state index contributed by atoms with van der Waals surface area (Å²) in [5.41, 5.74) is 2.50. The number of hydrogen-bond donors (Lipinski definition) is 1. The summed E-state index contributed by atoms with van der Waals surface area (Å²) in [6, 6.07) is 12.5. The van der Waals surface area contributed by atoms with E-state index in [0.29, 0.717) is 17.8 Å². The Kier molecular flexibility index (Phi) is 4.74. The maximum Gasteiger partial charge on any atom is 0.340 e. The zero-order chi connectivity index (χ0) is 17.8. The molecule has 0 bridgehead atoms. The summed E-state index contributed by atoms with van der Waals surface area (Å²) in [4.78, 5) is 40.9. The SMILES string of the molecule is Cc1nc(-c2ccccc2)ccc1C(=O)OCC(=O)N1CCNC1=O.